The van der Waals surface area contributed by atoms with Crippen molar-refractivity contribution in [2.45, 2.75) is 25.4 Å². The van der Waals surface area contributed by atoms with Gasteiger partial charge in [-0.2, -0.15) is 0 Å². The molecular formula is C26H27N3O4S. The summed E-state index contributed by atoms with van der Waals surface area (Å²) in [5.74, 6) is -2.32. The third-order valence-electron chi connectivity index (χ3n) is 6.07. The summed E-state index contributed by atoms with van der Waals surface area (Å²) in [5, 5.41) is 7.43. The molecule has 0 bridgehead atoms. The molecule has 4 rings (SSSR count). The van der Waals surface area contributed by atoms with Gasteiger partial charge in [0.25, 0.3) is 0 Å². The number of carbonyl (C=O) groups excluding carboxylic acids is 2. The number of thiazole rings is 1. The lowest BCUT2D eigenvalue weighted by Gasteiger charge is -2.46. The molecule has 1 aromatic heterocycles. The predicted molar refractivity (Wildman–Crippen MR) is 132 cm³/mol. The van der Waals surface area contributed by atoms with Crippen LogP contribution in [0.1, 0.15) is 25.3 Å². The Bertz CT molecular complexity index is 1210. The average molecular weight is 478 g/mol. The van der Waals surface area contributed by atoms with Crippen LogP contribution < -0.4 is 10.6 Å². The molecule has 1 aliphatic rings. The number of rotatable bonds is 6. The van der Waals surface area contributed by atoms with Gasteiger partial charge >= 0.3 is 11.9 Å². The molecule has 7 nitrogen and oxygen atoms in total. The van der Waals surface area contributed by atoms with E-state index < -0.39 is 29.4 Å². The Hall–Kier alpha value is -3.65. The van der Waals surface area contributed by atoms with E-state index in [0.717, 1.165) is 16.0 Å². The molecular weight excluding hydrogens is 450 g/mol. The van der Waals surface area contributed by atoms with Gasteiger partial charge in [0.05, 0.1) is 24.7 Å². The molecule has 1 aliphatic heterocycles. The fourth-order valence-electron chi connectivity index (χ4n) is 4.58. The van der Waals surface area contributed by atoms with Crippen molar-refractivity contribution in [1.82, 2.24) is 10.3 Å². The number of carbonyl (C=O) groups is 2. The van der Waals surface area contributed by atoms with Crippen LogP contribution in [0.2, 0.25) is 0 Å². The summed E-state index contributed by atoms with van der Waals surface area (Å²) in [7, 11) is 2.69. The number of ether oxygens (including phenoxy) is 2. The van der Waals surface area contributed by atoms with Gasteiger partial charge in [-0.15, -0.1) is 0 Å². The summed E-state index contributed by atoms with van der Waals surface area (Å²) < 4.78 is 10.3. The van der Waals surface area contributed by atoms with Gasteiger partial charge in [-0.25, -0.2) is 9.78 Å². The number of anilines is 1. The predicted octanol–water partition coefficient (Wildman–Crippen LogP) is 4.56. The monoisotopic (exact) mass is 477 g/mol. The minimum atomic E-state index is -0.999. The first kappa shape index (κ1) is 23.5. The molecule has 0 saturated carbocycles. The van der Waals surface area contributed by atoms with Gasteiger partial charge in [0, 0.05) is 17.8 Å². The van der Waals surface area contributed by atoms with Gasteiger partial charge in [0.1, 0.15) is 11.6 Å². The van der Waals surface area contributed by atoms with Crippen LogP contribution in [0.3, 0.4) is 0 Å². The second-order valence-electron chi connectivity index (χ2n) is 8.27. The minimum Gasteiger partial charge on any atom is -0.469 e. The second-order valence-corrected chi connectivity index (χ2v) is 9.30. The van der Waals surface area contributed by atoms with E-state index in [2.05, 4.69) is 15.6 Å². The quantitative estimate of drug-likeness (QED) is 0.503. The SMILES string of the molecule is COC(=O)C1=C(C)NC(C)(Nc2ncc(-c3ccccc3)s2)C(C(=O)OC)C1c1ccccc1. The molecule has 176 valence electrons. The normalized spacial score (nSPS) is 22.0. The number of methoxy groups -OCH3 is 2. The second kappa shape index (κ2) is 9.69. The molecule has 3 atom stereocenters. The van der Waals surface area contributed by atoms with Gasteiger partial charge in [-0.05, 0) is 25.0 Å². The van der Waals surface area contributed by atoms with Crippen molar-refractivity contribution >= 4 is 28.4 Å². The Kier molecular flexibility index (Phi) is 6.70. The van der Waals surface area contributed by atoms with Gasteiger partial charge in [-0.1, -0.05) is 72.0 Å². The van der Waals surface area contributed by atoms with E-state index in [1.54, 1.807) is 6.20 Å². The first-order valence-corrected chi connectivity index (χ1v) is 11.7. The van der Waals surface area contributed by atoms with Gasteiger partial charge < -0.3 is 20.1 Å². The van der Waals surface area contributed by atoms with E-state index in [4.69, 9.17) is 9.47 Å². The number of nitrogens with one attached hydrogen (secondary N) is 2. The zero-order valence-corrected chi connectivity index (χ0v) is 20.3. The van der Waals surface area contributed by atoms with Crippen molar-refractivity contribution in [2.24, 2.45) is 5.92 Å². The van der Waals surface area contributed by atoms with E-state index >= 15 is 0 Å². The highest BCUT2D eigenvalue weighted by atomic mass is 32.1. The summed E-state index contributed by atoms with van der Waals surface area (Å²) in [5.41, 5.74) is 1.89. The standard InChI is InChI=1S/C26H27N3O4S/c1-16-20(23(30)32-3)21(18-13-9-6-10-14-18)22(24(31)33-4)26(2,28-16)29-25-27-15-19(34-25)17-11-7-5-8-12-17/h5-15,21-22,28H,1-4H3,(H,27,29). The fraction of sp³-hybridized carbons (Fsp3) is 0.269. The molecule has 3 aromatic rings. The van der Waals surface area contributed by atoms with Crippen LogP contribution in [0, 0.1) is 5.92 Å². The number of benzene rings is 2. The summed E-state index contributed by atoms with van der Waals surface area (Å²) in [6.07, 6.45) is 1.80. The molecule has 34 heavy (non-hydrogen) atoms. The van der Waals surface area contributed by atoms with Crippen LogP contribution >= 0.6 is 11.3 Å². The molecule has 0 amide bonds. The van der Waals surface area contributed by atoms with Crippen LogP contribution in [0.5, 0.6) is 0 Å². The lowest BCUT2D eigenvalue weighted by atomic mass is 9.71. The Morgan fingerprint density at radius 1 is 1.03 bits per heavy atom. The van der Waals surface area contributed by atoms with E-state index in [1.807, 2.05) is 74.5 Å². The highest BCUT2D eigenvalue weighted by molar-refractivity contribution is 7.18. The lowest BCUT2D eigenvalue weighted by molar-refractivity contribution is -0.149. The van der Waals surface area contributed by atoms with Crippen LogP contribution in [0.15, 0.2) is 78.1 Å². The third-order valence-corrected chi connectivity index (χ3v) is 7.03. The summed E-state index contributed by atoms with van der Waals surface area (Å²) in [6.45, 7) is 3.69. The molecule has 3 unspecified atom stereocenters. The van der Waals surface area contributed by atoms with Crippen LogP contribution in [0.4, 0.5) is 5.13 Å². The number of allylic oxidation sites excluding steroid dienone is 1. The first-order valence-electron chi connectivity index (χ1n) is 10.9. The molecule has 0 saturated heterocycles. The number of aromatic nitrogens is 1. The molecule has 0 aliphatic carbocycles. The van der Waals surface area contributed by atoms with Crippen molar-refractivity contribution in [3.8, 4) is 10.4 Å². The molecule has 2 N–H and O–H groups in total. The smallest absolute Gasteiger partial charge is 0.336 e. The van der Waals surface area contributed by atoms with Crippen LogP contribution in [-0.4, -0.2) is 36.8 Å². The number of hydrogen-bond acceptors (Lipinski definition) is 8. The number of hydrogen-bond donors (Lipinski definition) is 2. The highest BCUT2D eigenvalue weighted by Crippen LogP contribution is 2.45. The Morgan fingerprint density at radius 2 is 1.68 bits per heavy atom. The molecule has 8 heteroatoms. The maximum absolute atomic E-state index is 13.3. The Morgan fingerprint density at radius 3 is 2.29 bits per heavy atom. The van der Waals surface area contributed by atoms with Gasteiger partial charge in [0.2, 0.25) is 0 Å². The van der Waals surface area contributed by atoms with Crippen LogP contribution in [-0.2, 0) is 19.1 Å². The van der Waals surface area contributed by atoms with Crippen molar-refractivity contribution in [3.05, 3.63) is 83.7 Å². The topological polar surface area (TPSA) is 89.5 Å². The number of esters is 2. The maximum atomic E-state index is 13.3. The van der Waals surface area contributed by atoms with E-state index in [1.165, 1.54) is 25.6 Å². The molecule has 2 aromatic carbocycles. The van der Waals surface area contributed by atoms with E-state index in [9.17, 15) is 9.59 Å². The molecule has 2 heterocycles. The number of nitrogens with zero attached hydrogens (tertiary/aromatic N) is 1. The van der Waals surface area contributed by atoms with Gasteiger partial charge in [0.15, 0.2) is 5.13 Å². The Balaban J connectivity index is 1.80. The van der Waals surface area contributed by atoms with Gasteiger partial charge in [-0.3, -0.25) is 4.79 Å². The lowest BCUT2D eigenvalue weighted by Crippen LogP contribution is -2.62. The van der Waals surface area contributed by atoms with Crippen molar-refractivity contribution in [1.29, 1.82) is 0 Å². The van der Waals surface area contributed by atoms with E-state index in [0.29, 0.717) is 16.4 Å². The highest BCUT2D eigenvalue weighted by Gasteiger charge is 2.52. The summed E-state index contributed by atoms with van der Waals surface area (Å²) in [4.78, 5) is 31.6. The maximum Gasteiger partial charge on any atom is 0.336 e. The molecule has 0 fully saturated rings. The van der Waals surface area contributed by atoms with Crippen LogP contribution in [0.25, 0.3) is 10.4 Å². The zero-order chi connectivity index (χ0) is 24.3. The molecule has 0 spiro atoms. The van der Waals surface area contributed by atoms with Crippen molar-refractivity contribution < 1.29 is 19.1 Å². The average Bonchev–Trinajstić information content (AvgIpc) is 3.31. The molecule has 0 radical (unpaired) electrons. The minimum absolute atomic E-state index is 0.396. The van der Waals surface area contributed by atoms with Crippen molar-refractivity contribution in [2.75, 3.05) is 19.5 Å². The van der Waals surface area contributed by atoms with E-state index in [-0.39, 0.29) is 0 Å². The zero-order valence-electron chi connectivity index (χ0n) is 19.5. The summed E-state index contributed by atoms with van der Waals surface area (Å²) >= 11 is 1.49. The fourth-order valence-corrected chi connectivity index (χ4v) is 5.51. The Labute approximate surface area is 202 Å². The largest absolute Gasteiger partial charge is 0.469 e. The summed E-state index contributed by atoms with van der Waals surface area (Å²) in [6, 6.07) is 19.4. The first-order chi connectivity index (χ1) is 16.4. The third kappa shape index (κ3) is 4.41. The van der Waals surface area contributed by atoms with Crippen molar-refractivity contribution in [3.63, 3.8) is 0 Å².